The number of rotatable bonds is 2. The van der Waals surface area contributed by atoms with Gasteiger partial charge >= 0.3 is 5.69 Å². The molecule has 6 heteroatoms. The van der Waals surface area contributed by atoms with Gasteiger partial charge in [-0.05, 0) is 18.8 Å². The number of nitrogens with zero attached hydrogens (tertiary/aromatic N) is 4. The summed E-state index contributed by atoms with van der Waals surface area (Å²) in [5.74, 6) is 1.07. The van der Waals surface area contributed by atoms with E-state index in [1.807, 2.05) is 4.90 Å². The van der Waals surface area contributed by atoms with E-state index in [4.69, 9.17) is 0 Å². The summed E-state index contributed by atoms with van der Waals surface area (Å²) in [7, 11) is 1.73. The second kappa shape index (κ2) is 4.11. The molecular formula is C10H15N4O2. The van der Waals surface area contributed by atoms with E-state index in [2.05, 4.69) is 12.0 Å². The molecule has 0 bridgehead atoms. The molecule has 0 N–H and O–H groups in total. The van der Waals surface area contributed by atoms with Gasteiger partial charge in [-0.3, -0.25) is 10.1 Å². The third kappa shape index (κ3) is 1.87. The highest BCUT2D eigenvalue weighted by atomic mass is 16.6. The first kappa shape index (κ1) is 10.9. The fourth-order valence-corrected chi connectivity index (χ4v) is 2.06. The van der Waals surface area contributed by atoms with Crippen LogP contribution in [0.1, 0.15) is 12.8 Å². The first-order chi connectivity index (χ1) is 7.59. The largest absolute Gasteiger partial charge is 0.351 e. The minimum Gasteiger partial charge on any atom is -0.351 e. The minimum absolute atomic E-state index is 0.0880. The Morgan fingerprint density at radius 1 is 1.56 bits per heavy atom. The van der Waals surface area contributed by atoms with E-state index in [1.165, 1.54) is 6.20 Å². The lowest BCUT2D eigenvalue weighted by molar-refractivity contribution is -0.384. The summed E-state index contributed by atoms with van der Waals surface area (Å²) in [5, 5.41) is 14.8. The van der Waals surface area contributed by atoms with Crippen molar-refractivity contribution in [3.63, 3.8) is 0 Å². The van der Waals surface area contributed by atoms with Crippen molar-refractivity contribution in [3.05, 3.63) is 23.2 Å². The molecule has 0 aliphatic carbocycles. The zero-order valence-electron chi connectivity index (χ0n) is 9.30. The van der Waals surface area contributed by atoms with E-state index in [-0.39, 0.29) is 10.6 Å². The van der Waals surface area contributed by atoms with Crippen molar-refractivity contribution in [2.45, 2.75) is 12.8 Å². The first-order valence-corrected chi connectivity index (χ1v) is 5.34. The van der Waals surface area contributed by atoms with Gasteiger partial charge in [0.25, 0.3) is 0 Å². The number of aromatic nitrogens is 2. The lowest BCUT2D eigenvalue weighted by atomic mass is 9.99. The number of nitro groups is 1. The van der Waals surface area contributed by atoms with Gasteiger partial charge in [0.05, 0.1) is 4.92 Å². The molecule has 87 valence electrons. The third-order valence-corrected chi connectivity index (χ3v) is 3.00. The van der Waals surface area contributed by atoms with E-state index < -0.39 is 0 Å². The van der Waals surface area contributed by atoms with Crippen molar-refractivity contribution in [1.29, 1.82) is 0 Å². The zero-order valence-corrected chi connectivity index (χ0v) is 9.30. The second-order valence-electron chi connectivity index (χ2n) is 4.16. The average molecular weight is 223 g/mol. The number of hydrogen-bond donors (Lipinski definition) is 0. The molecule has 0 atom stereocenters. The number of aryl methyl sites for hydroxylation is 1. The van der Waals surface area contributed by atoms with Crippen LogP contribution in [0.25, 0.3) is 0 Å². The average Bonchev–Trinajstić information content (AvgIpc) is 2.62. The Balaban J connectivity index is 2.25. The van der Waals surface area contributed by atoms with Crippen LogP contribution in [0.3, 0.4) is 0 Å². The van der Waals surface area contributed by atoms with Crippen molar-refractivity contribution in [1.82, 2.24) is 9.78 Å². The summed E-state index contributed by atoms with van der Waals surface area (Å²) in [6.07, 6.45) is 3.26. The highest BCUT2D eigenvalue weighted by molar-refractivity contribution is 5.57. The van der Waals surface area contributed by atoms with Crippen molar-refractivity contribution >= 4 is 11.5 Å². The molecule has 0 spiro atoms. The van der Waals surface area contributed by atoms with Gasteiger partial charge in [-0.2, -0.15) is 5.10 Å². The van der Waals surface area contributed by atoms with Crippen LogP contribution in [0.4, 0.5) is 11.5 Å². The maximum Gasteiger partial charge on any atom is 0.331 e. The molecular weight excluding hydrogens is 208 g/mol. The number of anilines is 1. The fourth-order valence-electron chi connectivity index (χ4n) is 2.06. The molecule has 0 unspecified atom stereocenters. The van der Waals surface area contributed by atoms with Crippen LogP contribution in [0, 0.1) is 23.0 Å². The Morgan fingerprint density at radius 2 is 2.19 bits per heavy atom. The maximum absolute atomic E-state index is 10.9. The Morgan fingerprint density at radius 3 is 2.75 bits per heavy atom. The van der Waals surface area contributed by atoms with Gasteiger partial charge in [0.15, 0.2) is 0 Å². The van der Waals surface area contributed by atoms with Crippen molar-refractivity contribution in [2.24, 2.45) is 13.0 Å². The van der Waals surface area contributed by atoms with Crippen molar-refractivity contribution in [2.75, 3.05) is 18.0 Å². The molecule has 0 aromatic carbocycles. The monoisotopic (exact) mass is 223 g/mol. The van der Waals surface area contributed by atoms with Crippen molar-refractivity contribution in [3.8, 4) is 0 Å². The molecule has 1 aliphatic heterocycles. The molecule has 1 saturated heterocycles. The first-order valence-electron chi connectivity index (χ1n) is 5.34. The molecule has 1 fully saturated rings. The number of hydrogen-bond acceptors (Lipinski definition) is 4. The maximum atomic E-state index is 10.9. The Kier molecular flexibility index (Phi) is 2.80. The lowest BCUT2D eigenvalue weighted by Gasteiger charge is -2.30. The van der Waals surface area contributed by atoms with Gasteiger partial charge in [-0.25, -0.2) is 4.68 Å². The highest BCUT2D eigenvalue weighted by Gasteiger charge is 2.26. The highest BCUT2D eigenvalue weighted by Crippen LogP contribution is 2.30. The van der Waals surface area contributed by atoms with Gasteiger partial charge in [0.1, 0.15) is 6.20 Å². The molecule has 16 heavy (non-hydrogen) atoms. The fraction of sp³-hybridized carbons (Fsp3) is 0.600. The van der Waals surface area contributed by atoms with E-state index >= 15 is 0 Å². The van der Waals surface area contributed by atoms with Crippen LogP contribution < -0.4 is 4.90 Å². The summed E-state index contributed by atoms with van der Waals surface area (Å²) in [5.41, 5.74) is 0.0880. The standard InChI is InChI=1S/C10H15N4O2/c1-8-3-5-13(6-4-8)10-9(14(15)16)7-11-12(10)2/h7-8H,1,3-6H2,2H3. The van der Waals surface area contributed by atoms with Gasteiger partial charge < -0.3 is 4.90 Å². The van der Waals surface area contributed by atoms with E-state index in [9.17, 15) is 10.1 Å². The Hall–Kier alpha value is -1.59. The summed E-state index contributed by atoms with van der Waals surface area (Å²) >= 11 is 0. The summed E-state index contributed by atoms with van der Waals surface area (Å²) in [6.45, 7) is 5.64. The zero-order chi connectivity index (χ0) is 11.7. The SMILES string of the molecule is [CH2]C1CCN(c2c([N+](=O)[O-])cnn2C)CC1. The van der Waals surface area contributed by atoms with Crippen LogP contribution in [0.2, 0.25) is 0 Å². The molecule has 1 aromatic rings. The summed E-state index contributed by atoms with van der Waals surface area (Å²) in [4.78, 5) is 12.5. The van der Waals surface area contributed by atoms with Crippen LogP contribution in [-0.4, -0.2) is 27.8 Å². The molecule has 2 rings (SSSR count). The predicted molar refractivity (Wildman–Crippen MR) is 60.2 cm³/mol. The van der Waals surface area contributed by atoms with Gasteiger partial charge in [0, 0.05) is 20.1 Å². The second-order valence-corrected chi connectivity index (χ2v) is 4.16. The van der Waals surface area contributed by atoms with Crippen LogP contribution >= 0.6 is 0 Å². The molecule has 6 nitrogen and oxygen atoms in total. The van der Waals surface area contributed by atoms with Crippen LogP contribution in [-0.2, 0) is 7.05 Å². The molecule has 1 radical (unpaired) electrons. The van der Waals surface area contributed by atoms with Crippen LogP contribution in [0.5, 0.6) is 0 Å². The van der Waals surface area contributed by atoms with Gasteiger partial charge in [0.2, 0.25) is 5.82 Å². The molecule has 2 heterocycles. The molecule has 0 amide bonds. The topological polar surface area (TPSA) is 64.2 Å². The predicted octanol–water partition coefficient (Wildman–Crippen LogP) is 1.38. The number of piperidine rings is 1. The summed E-state index contributed by atoms with van der Waals surface area (Å²) < 4.78 is 1.57. The molecule has 1 aliphatic rings. The normalized spacial score (nSPS) is 17.8. The smallest absolute Gasteiger partial charge is 0.331 e. The van der Waals surface area contributed by atoms with Gasteiger partial charge in [-0.1, -0.05) is 6.92 Å². The minimum atomic E-state index is -0.376. The van der Waals surface area contributed by atoms with E-state index in [0.29, 0.717) is 11.7 Å². The van der Waals surface area contributed by atoms with Gasteiger partial charge in [-0.15, -0.1) is 0 Å². The molecule has 0 saturated carbocycles. The van der Waals surface area contributed by atoms with Crippen LogP contribution in [0.15, 0.2) is 6.20 Å². The lowest BCUT2D eigenvalue weighted by Crippen LogP contribution is -2.34. The van der Waals surface area contributed by atoms with Crippen molar-refractivity contribution < 1.29 is 4.92 Å². The third-order valence-electron chi connectivity index (χ3n) is 3.00. The van der Waals surface area contributed by atoms with E-state index in [1.54, 1.807) is 11.7 Å². The quantitative estimate of drug-likeness (QED) is 0.561. The summed E-state index contributed by atoms with van der Waals surface area (Å²) in [6, 6.07) is 0. The Labute approximate surface area is 94.0 Å². The Bertz CT molecular complexity index is 394. The molecule has 1 aromatic heterocycles. The van der Waals surface area contributed by atoms with E-state index in [0.717, 1.165) is 25.9 Å².